The van der Waals surface area contributed by atoms with Gasteiger partial charge in [0, 0.05) is 6.04 Å². The monoisotopic (exact) mass is 279 g/mol. The van der Waals surface area contributed by atoms with Crippen LogP contribution in [0.1, 0.15) is 38.7 Å². The molecule has 110 valence electrons. The molecule has 1 aromatic carbocycles. The van der Waals surface area contributed by atoms with Gasteiger partial charge in [0.25, 0.3) is 0 Å². The van der Waals surface area contributed by atoms with E-state index in [1.807, 2.05) is 17.9 Å². The Kier molecular flexibility index (Phi) is 4.43. The Morgan fingerprint density at radius 3 is 2.80 bits per heavy atom. The van der Waals surface area contributed by atoms with Crippen LogP contribution < -0.4 is 0 Å². The number of rotatable bonds is 4. The van der Waals surface area contributed by atoms with Crippen molar-refractivity contribution in [3.63, 3.8) is 0 Å². The van der Waals surface area contributed by atoms with Gasteiger partial charge in [0.2, 0.25) is 0 Å². The van der Waals surface area contributed by atoms with Crippen molar-refractivity contribution in [2.45, 2.75) is 51.1 Å². The summed E-state index contributed by atoms with van der Waals surface area (Å²) in [5, 5.41) is 9.52. The maximum atomic E-state index is 13.7. The lowest BCUT2D eigenvalue weighted by molar-refractivity contribution is -0.154. The van der Waals surface area contributed by atoms with Gasteiger partial charge in [-0.05, 0) is 57.7 Å². The van der Waals surface area contributed by atoms with E-state index < -0.39 is 11.5 Å². The van der Waals surface area contributed by atoms with Crippen LogP contribution in [0.2, 0.25) is 0 Å². The number of carboxylic acid groups (broad SMARTS) is 1. The SMILES string of the molecule is CC(Cc1ccccc1F)N1CCCCC1(C)C(=O)O. The van der Waals surface area contributed by atoms with E-state index in [1.54, 1.807) is 19.1 Å². The molecule has 2 rings (SSSR count). The van der Waals surface area contributed by atoms with Gasteiger partial charge < -0.3 is 5.11 Å². The molecule has 1 fully saturated rings. The zero-order chi connectivity index (χ0) is 14.8. The van der Waals surface area contributed by atoms with Crippen LogP contribution in [0.15, 0.2) is 24.3 Å². The fourth-order valence-electron chi connectivity index (χ4n) is 3.17. The van der Waals surface area contributed by atoms with E-state index in [1.165, 1.54) is 6.07 Å². The molecule has 1 aliphatic heterocycles. The number of piperidine rings is 1. The summed E-state index contributed by atoms with van der Waals surface area (Å²) in [5.74, 6) is -0.994. The van der Waals surface area contributed by atoms with Crippen LogP contribution in [0.5, 0.6) is 0 Å². The van der Waals surface area contributed by atoms with Crippen LogP contribution in [-0.4, -0.2) is 34.1 Å². The lowest BCUT2D eigenvalue weighted by Crippen LogP contribution is -2.58. The lowest BCUT2D eigenvalue weighted by Gasteiger charge is -2.45. The molecule has 0 bridgehead atoms. The van der Waals surface area contributed by atoms with Crippen molar-refractivity contribution >= 4 is 5.97 Å². The van der Waals surface area contributed by atoms with Crippen molar-refractivity contribution in [3.05, 3.63) is 35.6 Å². The Balaban J connectivity index is 2.16. The summed E-state index contributed by atoms with van der Waals surface area (Å²) in [6.45, 7) is 4.53. The molecule has 1 N–H and O–H groups in total. The van der Waals surface area contributed by atoms with Crippen LogP contribution in [-0.2, 0) is 11.2 Å². The standard InChI is InChI=1S/C16H22FNO2/c1-12(11-13-7-3-4-8-14(13)17)18-10-6-5-9-16(18,2)15(19)20/h3-4,7-8,12H,5-6,9-11H2,1-2H3,(H,19,20). The normalized spacial score (nSPS) is 25.4. The molecule has 1 heterocycles. The van der Waals surface area contributed by atoms with Crippen LogP contribution >= 0.6 is 0 Å². The zero-order valence-corrected chi connectivity index (χ0v) is 12.1. The lowest BCUT2D eigenvalue weighted by atomic mass is 9.86. The maximum Gasteiger partial charge on any atom is 0.323 e. The molecule has 0 spiro atoms. The molecule has 2 unspecified atom stereocenters. The number of benzene rings is 1. The van der Waals surface area contributed by atoms with Gasteiger partial charge in [-0.15, -0.1) is 0 Å². The smallest absolute Gasteiger partial charge is 0.323 e. The molecule has 4 heteroatoms. The number of carbonyl (C=O) groups is 1. The molecule has 1 aromatic rings. The zero-order valence-electron chi connectivity index (χ0n) is 12.1. The molecule has 0 aliphatic carbocycles. The number of carboxylic acids is 1. The maximum absolute atomic E-state index is 13.7. The van der Waals surface area contributed by atoms with Crippen molar-refractivity contribution in [2.24, 2.45) is 0 Å². The molecule has 0 radical (unpaired) electrons. The Hall–Kier alpha value is -1.42. The summed E-state index contributed by atoms with van der Waals surface area (Å²) in [6, 6.07) is 6.72. The van der Waals surface area contributed by atoms with E-state index in [0.29, 0.717) is 18.4 Å². The second-order valence-corrected chi connectivity index (χ2v) is 5.87. The highest BCUT2D eigenvalue weighted by Crippen LogP contribution is 2.31. The van der Waals surface area contributed by atoms with Gasteiger partial charge in [0.1, 0.15) is 11.4 Å². The fourth-order valence-corrected chi connectivity index (χ4v) is 3.17. The summed E-state index contributed by atoms with van der Waals surface area (Å²) in [4.78, 5) is 13.6. The molecule has 0 saturated carbocycles. The molecular formula is C16H22FNO2. The number of hydrogen-bond acceptors (Lipinski definition) is 2. The van der Waals surface area contributed by atoms with Crippen molar-refractivity contribution in [3.8, 4) is 0 Å². The molecule has 0 amide bonds. The molecule has 1 aliphatic rings. The quantitative estimate of drug-likeness (QED) is 0.920. The molecule has 2 atom stereocenters. The van der Waals surface area contributed by atoms with E-state index in [9.17, 15) is 14.3 Å². The first-order chi connectivity index (χ1) is 9.45. The van der Waals surface area contributed by atoms with Crippen molar-refractivity contribution in [1.82, 2.24) is 4.90 Å². The number of aliphatic carboxylic acids is 1. The highest BCUT2D eigenvalue weighted by atomic mass is 19.1. The van der Waals surface area contributed by atoms with E-state index in [0.717, 1.165) is 19.4 Å². The average Bonchev–Trinajstić information content (AvgIpc) is 2.41. The fraction of sp³-hybridized carbons (Fsp3) is 0.562. The van der Waals surface area contributed by atoms with E-state index in [4.69, 9.17) is 0 Å². The third-order valence-corrected chi connectivity index (χ3v) is 4.41. The summed E-state index contributed by atoms with van der Waals surface area (Å²) < 4.78 is 13.7. The van der Waals surface area contributed by atoms with Gasteiger partial charge >= 0.3 is 5.97 Å². The number of hydrogen-bond donors (Lipinski definition) is 1. The molecule has 20 heavy (non-hydrogen) atoms. The Morgan fingerprint density at radius 1 is 1.45 bits per heavy atom. The Morgan fingerprint density at radius 2 is 2.15 bits per heavy atom. The van der Waals surface area contributed by atoms with Crippen LogP contribution in [0.25, 0.3) is 0 Å². The summed E-state index contributed by atoms with van der Waals surface area (Å²) in [7, 11) is 0. The van der Waals surface area contributed by atoms with Crippen molar-refractivity contribution in [2.75, 3.05) is 6.54 Å². The molecule has 3 nitrogen and oxygen atoms in total. The van der Waals surface area contributed by atoms with Gasteiger partial charge in [0.15, 0.2) is 0 Å². The first-order valence-corrected chi connectivity index (χ1v) is 7.18. The first kappa shape index (κ1) is 15.0. The third-order valence-electron chi connectivity index (χ3n) is 4.41. The first-order valence-electron chi connectivity index (χ1n) is 7.18. The minimum absolute atomic E-state index is 0.00769. The van der Waals surface area contributed by atoms with Crippen molar-refractivity contribution in [1.29, 1.82) is 0 Å². The van der Waals surface area contributed by atoms with Gasteiger partial charge in [-0.1, -0.05) is 18.2 Å². The molecular weight excluding hydrogens is 257 g/mol. The van der Waals surface area contributed by atoms with Crippen LogP contribution in [0, 0.1) is 5.82 Å². The van der Waals surface area contributed by atoms with Gasteiger partial charge in [-0.2, -0.15) is 0 Å². The third kappa shape index (κ3) is 2.85. The predicted octanol–water partition coefficient (Wildman–Crippen LogP) is 3.09. The van der Waals surface area contributed by atoms with E-state index in [-0.39, 0.29) is 11.9 Å². The average molecular weight is 279 g/mol. The second-order valence-electron chi connectivity index (χ2n) is 5.87. The van der Waals surface area contributed by atoms with Gasteiger partial charge in [0.05, 0.1) is 0 Å². The highest BCUT2D eigenvalue weighted by Gasteiger charge is 2.43. The number of likely N-dealkylation sites (tertiary alicyclic amines) is 1. The summed E-state index contributed by atoms with van der Waals surface area (Å²) in [6.07, 6.45) is 3.13. The van der Waals surface area contributed by atoms with E-state index in [2.05, 4.69) is 0 Å². The Bertz CT molecular complexity index is 491. The summed E-state index contributed by atoms with van der Waals surface area (Å²) in [5.41, 5.74) is -0.179. The Labute approximate surface area is 119 Å². The minimum Gasteiger partial charge on any atom is -0.480 e. The predicted molar refractivity (Wildman–Crippen MR) is 76.2 cm³/mol. The van der Waals surface area contributed by atoms with E-state index >= 15 is 0 Å². The largest absolute Gasteiger partial charge is 0.480 e. The molecule has 1 saturated heterocycles. The van der Waals surface area contributed by atoms with Crippen LogP contribution in [0.3, 0.4) is 0 Å². The minimum atomic E-state index is -0.830. The second kappa shape index (κ2) is 5.92. The summed E-state index contributed by atoms with van der Waals surface area (Å²) >= 11 is 0. The van der Waals surface area contributed by atoms with Crippen LogP contribution in [0.4, 0.5) is 4.39 Å². The molecule has 0 aromatic heterocycles. The van der Waals surface area contributed by atoms with Gasteiger partial charge in [-0.3, -0.25) is 9.69 Å². The number of nitrogens with zero attached hydrogens (tertiary/aromatic N) is 1. The van der Waals surface area contributed by atoms with Gasteiger partial charge in [-0.25, -0.2) is 4.39 Å². The van der Waals surface area contributed by atoms with Crippen molar-refractivity contribution < 1.29 is 14.3 Å². The highest BCUT2D eigenvalue weighted by molar-refractivity contribution is 5.78. The number of halogens is 1. The topological polar surface area (TPSA) is 40.5 Å².